The minimum atomic E-state index is -3.81. The molecule has 0 saturated carbocycles. The van der Waals surface area contributed by atoms with Gasteiger partial charge in [-0.05, 0) is 12.1 Å². The van der Waals surface area contributed by atoms with Crippen LogP contribution in [0.15, 0.2) is 56.3 Å². The van der Waals surface area contributed by atoms with Gasteiger partial charge in [-0.1, -0.05) is 36.9 Å². The van der Waals surface area contributed by atoms with E-state index in [-0.39, 0.29) is 15.0 Å². The highest BCUT2D eigenvalue weighted by molar-refractivity contribution is 8.00. The van der Waals surface area contributed by atoms with Crippen molar-refractivity contribution in [2.45, 2.75) is 33.7 Å². The van der Waals surface area contributed by atoms with Crippen LogP contribution in [0.1, 0.15) is 6.92 Å². The molecular weight excluding hydrogens is 296 g/mol. The van der Waals surface area contributed by atoms with Crippen LogP contribution in [0.25, 0.3) is 0 Å². The number of fused-ring (bicyclic) bond motifs is 1. The van der Waals surface area contributed by atoms with Crippen LogP contribution >= 0.6 is 11.8 Å². The Bertz CT molecular complexity index is 813. The molecule has 3 rings (SSSR count). The first kappa shape index (κ1) is 13.4. The summed E-state index contributed by atoms with van der Waals surface area (Å²) in [5.41, 5.74) is -0.490. The molecule has 0 aliphatic carbocycles. The lowest BCUT2D eigenvalue weighted by Crippen LogP contribution is -2.27. The normalized spacial score (nSPS) is 17.9. The van der Waals surface area contributed by atoms with Crippen molar-refractivity contribution in [3.8, 4) is 0 Å². The van der Waals surface area contributed by atoms with Gasteiger partial charge in [0.25, 0.3) is 5.56 Å². The van der Waals surface area contributed by atoms with E-state index >= 15 is 0 Å². The molecule has 20 heavy (non-hydrogen) atoms. The molecule has 7 heteroatoms. The summed E-state index contributed by atoms with van der Waals surface area (Å²) in [5.74, 6) is 0. The van der Waals surface area contributed by atoms with Crippen molar-refractivity contribution >= 4 is 21.6 Å². The van der Waals surface area contributed by atoms with Crippen molar-refractivity contribution in [2.24, 2.45) is 0 Å². The highest BCUT2D eigenvalue weighted by atomic mass is 32.2. The van der Waals surface area contributed by atoms with Crippen LogP contribution in [-0.4, -0.2) is 23.2 Å². The monoisotopic (exact) mass is 308 g/mol. The number of sulfone groups is 1. The Morgan fingerprint density at radius 2 is 2.00 bits per heavy atom. The Kier molecular flexibility index (Phi) is 3.18. The van der Waals surface area contributed by atoms with Crippen LogP contribution in [-0.2, 0) is 16.4 Å². The number of rotatable bonds is 2. The molecule has 2 aromatic rings. The summed E-state index contributed by atoms with van der Waals surface area (Å²) in [6, 6.07) is 7.94. The van der Waals surface area contributed by atoms with Crippen LogP contribution in [0.2, 0.25) is 0 Å². The van der Waals surface area contributed by atoms with Gasteiger partial charge in [0.2, 0.25) is 9.84 Å². The minimum absolute atomic E-state index is 0.109. The maximum atomic E-state index is 12.5. The first-order valence-corrected chi connectivity index (χ1v) is 8.43. The van der Waals surface area contributed by atoms with E-state index in [4.69, 9.17) is 0 Å². The van der Waals surface area contributed by atoms with E-state index in [1.165, 1.54) is 34.7 Å². The zero-order chi connectivity index (χ0) is 14.3. The number of nitrogens with zero attached hydrogens (tertiary/aromatic N) is 2. The third-order valence-electron chi connectivity index (χ3n) is 3.07. The average molecular weight is 308 g/mol. The number of hydrogen-bond donors (Lipinski definition) is 0. The zero-order valence-electron chi connectivity index (χ0n) is 10.7. The first-order chi connectivity index (χ1) is 9.50. The lowest BCUT2D eigenvalue weighted by molar-refractivity contribution is 0.574. The first-order valence-electron chi connectivity index (χ1n) is 6.07. The Balaban J connectivity index is 2.18. The third-order valence-corrected chi connectivity index (χ3v) is 5.91. The summed E-state index contributed by atoms with van der Waals surface area (Å²) in [5, 5.41) is 0.805. The SMILES string of the molecule is CC1Cn2c(ncc(S(=O)(=O)c3ccccc3)c2=O)S1. The fourth-order valence-electron chi connectivity index (χ4n) is 2.10. The molecule has 0 radical (unpaired) electrons. The van der Waals surface area contributed by atoms with Crippen molar-refractivity contribution < 1.29 is 8.42 Å². The molecule has 0 amide bonds. The molecule has 0 spiro atoms. The van der Waals surface area contributed by atoms with E-state index in [0.717, 1.165) is 0 Å². The predicted molar refractivity (Wildman–Crippen MR) is 75.7 cm³/mol. The van der Waals surface area contributed by atoms with Crippen molar-refractivity contribution in [3.05, 3.63) is 46.9 Å². The van der Waals surface area contributed by atoms with Gasteiger partial charge in [-0.25, -0.2) is 13.4 Å². The Labute approximate surface area is 120 Å². The molecule has 0 saturated heterocycles. The maximum Gasteiger partial charge on any atom is 0.273 e. The van der Waals surface area contributed by atoms with Gasteiger partial charge < -0.3 is 0 Å². The van der Waals surface area contributed by atoms with Gasteiger partial charge in [-0.15, -0.1) is 0 Å². The summed E-state index contributed by atoms with van der Waals surface area (Å²) >= 11 is 1.48. The van der Waals surface area contributed by atoms with Crippen molar-refractivity contribution in [1.29, 1.82) is 0 Å². The molecule has 1 aliphatic rings. The number of hydrogen-bond acceptors (Lipinski definition) is 5. The molecule has 0 fully saturated rings. The number of benzene rings is 1. The van der Waals surface area contributed by atoms with Crippen LogP contribution in [0.3, 0.4) is 0 Å². The van der Waals surface area contributed by atoms with E-state index in [9.17, 15) is 13.2 Å². The fourth-order valence-corrected chi connectivity index (χ4v) is 4.38. The Morgan fingerprint density at radius 3 is 2.70 bits per heavy atom. The van der Waals surface area contributed by atoms with Crippen molar-refractivity contribution in [3.63, 3.8) is 0 Å². The molecule has 1 aliphatic heterocycles. The second-order valence-electron chi connectivity index (χ2n) is 4.57. The van der Waals surface area contributed by atoms with E-state index in [1.807, 2.05) is 6.92 Å². The quantitative estimate of drug-likeness (QED) is 0.788. The predicted octanol–water partition coefficient (Wildman–Crippen LogP) is 1.57. The highest BCUT2D eigenvalue weighted by Crippen LogP contribution is 2.29. The molecule has 5 nitrogen and oxygen atoms in total. The molecule has 1 aromatic heterocycles. The molecule has 1 aromatic carbocycles. The second kappa shape index (κ2) is 4.75. The maximum absolute atomic E-state index is 12.5. The van der Waals surface area contributed by atoms with Crippen LogP contribution < -0.4 is 5.56 Å². The van der Waals surface area contributed by atoms with Crippen LogP contribution in [0.5, 0.6) is 0 Å². The molecule has 1 atom stereocenters. The lowest BCUT2D eigenvalue weighted by Gasteiger charge is -2.06. The molecule has 104 valence electrons. The second-order valence-corrected chi connectivity index (χ2v) is 7.89. The van der Waals surface area contributed by atoms with Gasteiger partial charge in [0.05, 0.1) is 11.1 Å². The standard InChI is InChI=1S/C13H12N2O3S2/c1-9-8-15-12(16)11(7-14-13(15)19-9)20(17,18)10-5-3-2-4-6-10/h2-7,9H,8H2,1H3. The number of thioether (sulfide) groups is 1. The van der Waals surface area contributed by atoms with Gasteiger partial charge in [0.1, 0.15) is 0 Å². The number of aromatic nitrogens is 2. The van der Waals surface area contributed by atoms with Crippen molar-refractivity contribution in [2.75, 3.05) is 0 Å². The largest absolute Gasteiger partial charge is 0.285 e. The molecule has 0 bridgehead atoms. The molecular formula is C13H12N2O3S2. The Hall–Kier alpha value is -1.60. The molecule has 0 N–H and O–H groups in total. The lowest BCUT2D eigenvalue weighted by atomic mass is 10.4. The molecule has 2 heterocycles. The fraction of sp³-hybridized carbons (Fsp3) is 0.231. The van der Waals surface area contributed by atoms with Crippen LogP contribution in [0.4, 0.5) is 0 Å². The van der Waals surface area contributed by atoms with E-state index in [2.05, 4.69) is 4.98 Å². The van der Waals surface area contributed by atoms with Gasteiger partial charge in [0.15, 0.2) is 10.1 Å². The van der Waals surface area contributed by atoms with E-state index < -0.39 is 15.4 Å². The van der Waals surface area contributed by atoms with E-state index in [1.54, 1.807) is 18.2 Å². The van der Waals surface area contributed by atoms with Gasteiger partial charge in [-0.3, -0.25) is 9.36 Å². The topological polar surface area (TPSA) is 69.0 Å². The summed E-state index contributed by atoms with van der Waals surface area (Å²) in [7, 11) is -3.81. The van der Waals surface area contributed by atoms with Crippen LogP contribution in [0, 0.1) is 0 Å². The molecule has 1 unspecified atom stereocenters. The average Bonchev–Trinajstić information content (AvgIpc) is 2.81. The highest BCUT2D eigenvalue weighted by Gasteiger charge is 2.28. The summed E-state index contributed by atoms with van der Waals surface area (Å²) in [4.78, 5) is 16.3. The Morgan fingerprint density at radius 1 is 1.30 bits per heavy atom. The van der Waals surface area contributed by atoms with Gasteiger partial charge >= 0.3 is 0 Å². The van der Waals surface area contributed by atoms with E-state index in [0.29, 0.717) is 11.7 Å². The minimum Gasteiger partial charge on any atom is -0.285 e. The third kappa shape index (κ3) is 2.06. The summed E-state index contributed by atoms with van der Waals surface area (Å²) in [6.07, 6.45) is 1.17. The summed E-state index contributed by atoms with van der Waals surface area (Å²) < 4.78 is 26.4. The summed E-state index contributed by atoms with van der Waals surface area (Å²) in [6.45, 7) is 2.47. The van der Waals surface area contributed by atoms with Crippen molar-refractivity contribution in [1.82, 2.24) is 9.55 Å². The van der Waals surface area contributed by atoms with Gasteiger partial charge in [-0.2, -0.15) is 0 Å². The van der Waals surface area contributed by atoms with Gasteiger partial charge in [0, 0.05) is 11.8 Å². The smallest absolute Gasteiger partial charge is 0.273 e. The zero-order valence-corrected chi connectivity index (χ0v) is 12.3.